The molecule has 0 aromatic heterocycles. The smallest absolute Gasteiger partial charge is 0.321 e. The van der Waals surface area contributed by atoms with Crippen LogP contribution in [0.4, 0.5) is 10.5 Å². The Morgan fingerprint density at radius 3 is 2.43 bits per heavy atom. The minimum Gasteiger partial charge on any atom is -0.325 e. The Morgan fingerprint density at radius 2 is 1.86 bits per heavy atom. The molecule has 21 heavy (non-hydrogen) atoms. The zero-order valence-corrected chi connectivity index (χ0v) is 13.8. The Morgan fingerprint density at radius 1 is 1.19 bits per heavy atom. The van der Waals surface area contributed by atoms with Crippen LogP contribution in [0.1, 0.15) is 52.1 Å². The highest BCUT2D eigenvalue weighted by molar-refractivity contribution is 5.89. The third-order valence-corrected chi connectivity index (χ3v) is 3.42. The molecule has 0 saturated carbocycles. The number of rotatable bonds is 8. The van der Waals surface area contributed by atoms with Crippen molar-refractivity contribution in [2.24, 2.45) is 0 Å². The van der Waals surface area contributed by atoms with Crippen LogP contribution >= 0.6 is 0 Å². The molecule has 118 valence electrons. The van der Waals surface area contributed by atoms with Crippen molar-refractivity contribution in [2.75, 3.05) is 25.0 Å². The molecule has 2 N–H and O–H groups in total. The summed E-state index contributed by atoms with van der Waals surface area (Å²) in [6.45, 7) is 10.9. The normalized spacial score (nSPS) is 12.0. The van der Waals surface area contributed by atoms with Gasteiger partial charge in [0.15, 0.2) is 0 Å². The van der Waals surface area contributed by atoms with Crippen LogP contribution in [0.15, 0.2) is 24.3 Å². The summed E-state index contributed by atoms with van der Waals surface area (Å²) in [6.07, 6.45) is 1.95. The van der Waals surface area contributed by atoms with Gasteiger partial charge in [0.25, 0.3) is 0 Å². The molecule has 1 unspecified atom stereocenters. The molecule has 1 atom stereocenters. The Balaban J connectivity index is 2.73. The maximum atomic E-state index is 12.3. The summed E-state index contributed by atoms with van der Waals surface area (Å²) in [5, 5.41) is 6.39. The van der Waals surface area contributed by atoms with Crippen LogP contribution in [0.2, 0.25) is 0 Å². The standard InChI is InChI=1S/C17H29N3O/c1-5-11-20(12-6-2)17(21)19-16-10-8-9-15(13-16)14(4)18-7-3/h8-10,13-14,18H,5-7,11-12H2,1-4H3,(H,19,21). The highest BCUT2D eigenvalue weighted by Gasteiger charge is 2.12. The molecule has 2 amide bonds. The third-order valence-electron chi connectivity index (χ3n) is 3.42. The van der Waals surface area contributed by atoms with Gasteiger partial charge >= 0.3 is 6.03 Å². The molecule has 1 aromatic carbocycles. The van der Waals surface area contributed by atoms with E-state index in [9.17, 15) is 4.79 Å². The maximum Gasteiger partial charge on any atom is 0.321 e. The molecule has 1 aromatic rings. The van der Waals surface area contributed by atoms with Crippen LogP contribution in [0.5, 0.6) is 0 Å². The van der Waals surface area contributed by atoms with Crippen molar-refractivity contribution in [3.63, 3.8) is 0 Å². The predicted octanol–water partition coefficient (Wildman–Crippen LogP) is 4.01. The number of urea groups is 1. The molecule has 0 bridgehead atoms. The third kappa shape index (κ3) is 5.76. The van der Waals surface area contributed by atoms with E-state index in [-0.39, 0.29) is 12.1 Å². The second-order valence-electron chi connectivity index (χ2n) is 5.32. The van der Waals surface area contributed by atoms with Gasteiger partial charge in [-0.25, -0.2) is 4.79 Å². The first-order valence-corrected chi connectivity index (χ1v) is 8.01. The summed E-state index contributed by atoms with van der Waals surface area (Å²) in [7, 11) is 0. The van der Waals surface area contributed by atoms with Crippen molar-refractivity contribution in [3.05, 3.63) is 29.8 Å². The lowest BCUT2D eigenvalue weighted by atomic mass is 10.1. The fourth-order valence-electron chi connectivity index (χ4n) is 2.37. The number of hydrogen-bond acceptors (Lipinski definition) is 2. The Labute approximate surface area is 128 Å². The average Bonchev–Trinajstić information content (AvgIpc) is 2.47. The van der Waals surface area contributed by atoms with E-state index in [0.29, 0.717) is 0 Å². The summed E-state index contributed by atoms with van der Waals surface area (Å²) >= 11 is 0. The van der Waals surface area contributed by atoms with Crippen molar-refractivity contribution < 1.29 is 4.79 Å². The van der Waals surface area contributed by atoms with E-state index in [2.05, 4.69) is 44.4 Å². The van der Waals surface area contributed by atoms with Gasteiger partial charge < -0.3 is 15.5 Å². The van der Waals surface area contributed by atoms with Gasteiger partial charge in [-0.05, 0) is 44.0 Å². The van der Waals surface area contributed by atoms with Gasteiger partial charge in [-0.3, -0.25) is 0 Å². The summed E-state index contributed by atoms with van der Waals surface area (Å²) < 4.78 is 0. The molecule has 4 heteroatoms. The number of nitrogens with zero attached hydrogens (tertiary/aromatic N) is 1. The fourth-order valence-corrected chi connectivity index (χ4v) is 2.37. The van der Waals surface area contributed by atoms with E-state index in [4.69, 9.17) is 0 Å². The topological polar surface area (TPSA) is 44.4 Å². The Kier molecular flexibility index (Phi) is 7.83. The van der Waals surface area contributed by atoms with Crippen molar-refractivity contribution in [1.82, 2.24) is 10.2 Å². The average molecular weight is 291 g/mol. The first-order chi connectivity index (χ1) is 10.1. The van der Waals surface area contributed by atoms with Crippen LogP contribution in [0, 0.1) is 0 Å². The zero-order chi connectivity index (χ0) is 15.7. The lowest BCUT2D eigenvalue weighted by molar-refractivity contribution is 0.211. The summed E-state index contributed by atoms with van der Waals surface area (Å²) in [4.78, 5) is 14.2. The SMILES string of the molecule is CCCN(CCC)C(=O)Nc1cccc(C(C)NCC)c1. The van der Waals surface area contributed by atoms with Crippen molar-refractivity contribution >= 4 is 11.7 Å². The maximum absolute atomic E-state index is 12.3. The van der Waals surface area contributed by atoms with Crippen LogP contribution < -0.4 is 10.6 Å². The van der Waals surface area contributed by atoms with Gasteiger partial charge in [0.2, 0.25) is 0 Å². The molecule has 4 nitrogen and oxygen atoms in total. The zero-order valence-electron chi connectivity index (χ0n) is 13.8. The highest BCUT2D eigenvalue weighted by Crippen LogP contribution is 2.17. The van der Waals surface area contributed by atoms with Crippen molar-refractivity contribution in [3.8, 4) is 0 Å². The van der Waals surface area contributed by atoms with Crippen LogP contribution in [0.25, 0.3) is 0 Å². The first-order valence-electron chi connectivity index (χ1n) is 8.01. The quantitative estimate of drug-likeness (QED) is 0.760. The Hall–Kier alpha value is -1.55. The van der Waals surface area contributed by atoms with Gasteiger partial charge in [0, 0.05) is 24.8 Å². The van der Waals surface area contributed by atoms with Gasteiger partial charge in [-0.1, -0.05) is 32.9 Å². The van der Waals surface area contributed by atoms with E-state index < -0.39 is 0 Å². The van der Waals surface area contributed by atoms with E-state index in [0.717, 1.165) is 38.2 Å². The van der Waals surface area contributed by atoms with E-state index in [1.165, 1.54) is 5.56 Å². The number of nitrogens with one attached hydrogen (secondary N) is 2. The molecular weight excluding hydrogens is 262 g/mol. The number of carbonyl (C=O) groups excluding carboxylic acids is 1. The molecule has 0 saturated heterocycles. The predicted molar refractivity (Wildman–Crippen MR) is 89.7 cm³/mol. The molecule has 0 heterocycles. The molecule has 0 fully saturated rings. The molecule has 0 spiro atoms. The molecule has 0 aliphatic heterocycles. The van der Waals surface area contributed by atoms with E-state index >= 15 is 0 Å². The summed E-state index contributed by atoms with van der Waals surface area (Å²) in [5.74, 6) is 0. The van der Waals surface area contributed by atoms with Crippen LogP contribution in [0.3, 0.4) is 0 Å². The summed E-state index contributed by atoms with van der Waals surface area (Å²) in [6, 6.07) is 8.33. The van der Waals surface area contributed by atoms with E-state index in [1.807, 2.05) is 23.1 Å². The fraction of sp³-hybridized carbons (Fsp3) is 0.588. The monoisotopic (exact) mass is 291 g/mol. The first kappa shape index (κ1) is 17.5. The molecule has 0 aliphatic carbocycles. The van der Waals surface area contributed by atoms with Crippen molar-refractivity contribution in [2.45, 2.75) is 46.6 Å². The van der Waals surface area contributed by atoms with Crippen LogP contribution in [-0.2, 0) is 0 Å². The largest absolute Gasteiger partial charge is 0.325 e. The number of benzene rings is 1. The van der Waals surface area contributed by atoms with Crippen molar-refractivity contribution in [1.29, 1.82) is 0 Å². The van der Waals surface area contributed by atoms with Gasteiger partial charge in [-0.2, -0.15) is 0 Å². The minimum absolute atomic E-state index is 0.00745. The van der Waals surface area contributed by atoms with Gasteiger partial charge in [-0.15, -0.1) is 0 Å². The molecule has 0 radical (unpaired) electrons. The lowest BCUT2D eigenvalue weighted by Gasteiger charge is -2.22. The lowest BCUT2D eigenvalue weighted by Crippen LogP contribution is -2.36. The molecular formula is C17H29N3O. The number of hydrogen-bond donors (Lipinski definition) is 2. The van der Waals surface area contributed by atoms with Gasteiger partial charge in [0.1, 0.15) is 0 Å². The minimum atomic E-state index is -0.00745. The number of carbonyl (C=O) groups is 1. The van der Waals surface area contributed by atoms with Gasteiger partial charge in [0.05, 0.1) is 0 Å². The summed E-state index contributed by atoms with van der Waals surface area (Å²) in [5.41, 5.74) is 2.05. The Bertz CT molecular complexity index is 428. The van der Waals surface area contributed by atoms with Crippen LogP contribution in [-0.4, -0.2) is 30.6 Å². The second kappa shape index (κ2) is 9.40. The number of anilines is 1. The van der Waals surface area contributed by atoms with E-state index in [1.54, 1.807) is 0 Å². The second-order valence-corrected chi connectivity index (χ2v) is 5.32. The molecule has 1 rings (SSSR count). The molecule has 0 aliphatic rings. The number of amides is 2. The highest BCUT2D eigenvalue weighted by atomic mass is 16.2.